The van der Waals surface area contributed by atoms with Gasteiger partial charge in [0.1, 0.15) is 0 Å². The number of fused-ring (bicyclic) bond motifs is 5. The fourth-order valence-electron chi connectivity index (χ4n) is 9.32. The highest BCUT2D eigenvalue weighted by molar-refractivity contribution is 5.09. The molecular formula is C27H48. The molecule has 0 heteroatoms. The predicted octanol–water partition coefficient (Wildman–Crippen LogP) is 8.50. The van der Waals surface area contributed by atoms with Crippen LogP contribution in [0.3, 0.4) is 0 Å². The molecule has 4 saturated carbocycles. The van der Waals surface area contributed by atoms with Crippen molar-refractivity contribution in [2.45, 2.75) is 118 Å². The quantitative estimate of drug-likeness (QED) is 0.453. The number of rotatable bonds is 5. The summed E-state index contributed by atoms with van der Waals surface area (Å²) in [6.45, 7) is 12.9. The minimum atomic E-state index is 0.677. The van der Waals surface area contributed by atoms with Crippen molar-refractivity contribution < 1.29 is 0 Å². The molecule has 4 aliphatic rings. The van der Waals surface area contributed by atoms with E-state index in [1.165, 1.54) is 32.1 Å². The van der Waals surface area contributed by atoms with Gasteiger partial charge in [-0.1, -0.05) is 66.7 Å². The molecule has 7 unspecified atom stereocenters. The fraction of sp³-hybridized carbons (Fsp3) is 1.00. The first-order chi connectivity index (χ1) is 12.9. The van der Waals surface area contributed by atoms with Crippen molar-refractivity contribution >= 4 is 0 Å². The Labute approximate surface area is 170 Å². The average Bonchev–Trinajstić information content (AvgIpc) is 2.98. The van der Waals surface area contributed by atoms with E-state index in [2.05, 4.69) is 34.6 Å². The van der Waals surface area contributed by atoms with Gasteiger partial charge in [0.2, 0.25) is 0 Å². The van der Waals surface area contributed by atoms with Crippen LogP contribution in [0, 0.1) is 52.3 Å². The molecule has 0 aliphatic heterocycles. The molecular weight excluding hydrogens is 324 g/mol. The van der Waals surface area contributed by atoms with Crippen molar-refractivity contribution in [2.75, 3.05) is 0 Å². The standard InChI is InChI=1S/C27H48/c1-19(2)9-8-10-20(3)23-14-15-24-22-13-12-21-11-6-7-17-26(21,4)25(22)16-18-27(23,24)5/h19-25H,6-18H2,1-5H3/t20?,21-,22?,23?,24?,25?,26?,27?/m0/s1. The van der Waals surface area contributed by atoms with E-state index < -0.39 is 0 Å². The van der Waals surface area contributed by atoms with Gasteiger partial charge in [0.25, 0.3) is 0 Å². The van der Waals surface area contributed by atoms with Gasteiger partial charge in [0, 0.05) is 0 Å². The summed E-state index contributed by atoms with van der Waals surface area (Å²) in [7, 11) is 0. The Bertz CT molecular complexity index is 506. The Morgan fingerprint density at radius 2 is 1.52 bits per heavy atom. The van der Waals surface area contributed by atoms with Gasteiger partial charge in [0.15, 0.2) is 0 Å². The SMILES string of the molecule is CC(C)CCCC(C)C1CCC2C3CC[C@@H]4CCCCC4(C)C3CCC12C. The Morgan fingerprint density at radius 1 is 0.741 bits per heavy atom. The summed E-state index contributed by atoms with van der Waals surface area (Å²) in [5.41, 5.74) is 1.39. The lowest BCUT2D eigenvalue weighted by Gasteiger charge is -2.61. The van der Waals surface area contributed by atoms with Crippen molar-refractivity contribution in [3.63, 3.8) is 0 Å². The Balaban J connectivity index is 1.46. The second kappa shape index (κ2) is 7.68. The first kappa shape index (κ1) is 20.3. The van der Waals surface area contributed by atoms with Crippen molar-refractivity contribution in [3.8, 4) is 0 Å². The molecule has 0 amide bonds. The van der Waals surface area contributed by atoms with E-state index in [1.54, 1.807) is 51.4 Å². The van der Waals surface area contributed by atoms with E-state index >= 15 is 0 Å². The molecule has 4 rings (SSSR count). The molecule has 0 saturated heterocycles. The van der Waals surface area contributed by atoms with Crippen LogP contribution in [0.1, 0.15) is 118 Å². The van der Waals surface area contributed by atoms with Crippen molar-refractivity contribution in [1.29, 1.82) is 0 Å². The highest BCUT2D eigenvalue weighted by Crippen LogP contribution is 2.68. The second-order valence-corrected chi connectivity index (χ2v) is 12.4. The summed E-state index contributed by atoms with van der Waals surface area (Å²) in [5, 5.41) is 0. The summed E-state index contributed by atoms with van der Waals surface area (Å²) in [4.78, 5) is 0. The van der Waals surface area contributed by atoms with Crippen molar-refractivity contribution in [2.24, 2.45) is 52.3 Å². The van der Waals surface area contributed by atoms with E-state index in [4.69, 9.17) is 0 Å². The zero-order valence-corrected chi connectivity index (χ0v) is 19.2. The molecule has 156 valence electrons. The van der Waals surface area contributed by atoms with E-state index in [-0.39, 0.29) is 0 Å². The van der Waals surface area contributed by atoms with Gasteiger partial charge in [-0.05, 0) is 104 Å². The van der Waals surface area contributed by atoms with Crippen molar-refractivity contribution in [1.82, 2.24) is 0 Å². The van der Waals surface area contributed by atoms with Gasteiger partial charge in [-0.15, -0.1) is 0 Å². The van der Waals surface area contributed by atoms with Crippen LogP contribution in [-0.4, -0.2) is 0 Å². The number of hydrogen-bond acceptors (Lipinski definition) is 0. The largest absolute Gasteiger partial charge is 0.0628 e. The van der Waals surface area contributed by atoms with Gasteiger partial charge in [-0.3, -0.25) is 0 Å². The van der Waals surface area contributed by atoms with Gasteiger partial charge < -0.3 is 0 Å². The Morgan fingerprint density at radius 3 is 2.30 bits per heavy atom. The molecule has 0 heterocycles. The first-order valence-corrected chi connectivity index (χ1v) is 12.9. The highest BCUT2D eigenvalue weighted by Gasteiger charge is 2.59. The maximum Gasteiger partial charge on any atom is -0.0264 e. The summed E-state index contributed by atoms with van der Waals surface area (Å²) in [6.07, 6.45) is 19.9. The number of hydrogen-bond donors (Lipinski definition) is 0. The fourth-order valence-corrected chi connectivity index (χ4v) is 9.32. The minimum Gasteiger partial charge on any atom is -0.0628 e. The summed E-state index contributed by atoms with van der Waals surface area (Å²) >= 11 is 0. The maximum absolute atomic E-state index is 2.75. The van der Waals surface area contributed by atoms with E-state index in [1.807, 2.05) is 0 Å². The smallest absolute Gasteiger partial charge is 0.0264 e. The third kappa shape index (κ3) is 3.44. The molecule has 0 spiro atoms. The van der Waals surface area contributed by atoms with E-state index in [0.29, 0.717) is 10.8 Å². The Kier molecular flexibility index (Phi) is 5.77. The average molecular weight is 373 g/mol. The molecule has 0 N–H and O–H groups in total. The monoisotopic (exact) mass is 372 g/mol. The summed E-state index contributed by atoms with van der Waals surface area (Å²) in [5.74, 6) is 7.15. The third-order valence-corrected chi connectivity index (χ3v) is 10.8. The van der Waals surface area contributed by atoms with Crippen LogP contribution in [0.15, 0.2) is 0 Å². The zero-order chi connectivity index (χ0) is 19.2. The van der Waals surface area contributed by atoms with Crippen LogP contribution in [0.5, 0.6) is 0 Å². The molecule has 8 atom stereocenters. The zero-order valence-electron chi connectivity index (χ0n) is 19.2. The molecule has 27 heavy (non-hydrogen) atoms. The van der Waals surface area contributed by atoms with Crippen LogP contribution in [-0.2, 0) is 0 Å². The van der Waals surface area contributed by atoms with Gasteiger partial charge >= 0.3 is 0 Å². The molecule has 4 aliphatic carbocycles. The Hall–Kier alpha value is 0. The highest BCUT2D eigenvalue weighted by atomic mass is 14.6. The molecule has 0 aromatic heterocycles. The van der Waals surface area contributed by atoms with Crippen LogP contribution in [0.4, 0.5) is 0 Å². The van der Waals surface area contributed by atoms with Crippen LogP contribution >= 0.6 is 0 Å². The maximum atomic E-state index is 2.75. The van der Waals surface area contributed by atoms with Crippen LogP contribution < -0.4 is 0 Å². The minimum absolute atomic E-state index is 0.677. The van der Waals surface area contributed by atoms with Crippen LogP contribution in [0.2, 0.25) is 0 Å². The molecule has 0 aromatic carbocycles. The van der Waals surface area contributed by atoms with Crippen molar-refractivity contribution in [3.05, 3.63) is 0 Å². The first-order valence-electron chi connectivity index (χ1n) is 12.9. The third-order valence-electron chi connectivity index (χ3n) is 10.8. The van der Waals surface area contributed by atoms with Gasteiger partial charge in [0.05, 0.1) is 0 Å². The summed E-state index contributed by atoms with van der Waals surface area (Å²) < 4.78 is 0. The van der Waals surface area contributed by atoms with Crippen LogP contribution in [0.25, 0.3) is 0 Å². The normalized spacial score (nSPS) is 48.0. The molecule has 0 aromatic rings. The summed E-state index contributed by atoms with van der Waals surface area (Å²) in [6, 6.07) is 0. The lowest BCUT2D eigenvalue weighted by Crippen LogP contribution is -2.53. The second-order valence-electron chi connectivity index (χ2n) is 12.4. The van der Waals surface area contributed by atoms with E-state index in [9.17, 15) is 0 Å². The lowest BCUT2D eigenvalue weighted by molar-refractivity contribution is -0.114. The lowest BCUT2D eigenvalue weighted by atomic mass is 9.44. The van der Waals surface area contributed by atoms with E-state index in [0.717, 1.165) is 41.4 Å². The predicted molar refractivity (Wildman–Crippen MR) is 118 cm³/mol. The molecule has 4 fully saturated rings. The topological polar surface area (TPSA) is 0 Å². The molecule has 0 radical (unpaired) electrons. The van der Waals surface area contributed by atoms with Gasteiger partial charge in [-0.2, -0.15) is 0 Å². The molecule has 0 bridgehead atoms. The van der Waals surface area contributed by atoms with Gasteiger partial charge in [-0.25, -0.2) is 0 Å². The molecule has 0 nitrogen and oxygen atoms in total.